The second-order valence-electron chi connectivity index (χ2n) is 4.04. The summed E-state index contributed by atoms with van der Waals surface area (Å²) < 4.78 is 2.19. The van der Waals surface area contributed by atoms with Gasteiger partial charge in [-0.25, -0.2) is 0 Å². The van der Waals surface area contributed by atoms with Gasteiger partial charge in [0, 0.05) is 15.5 Å². The highest BCUT2D eigenvalue weighted by atomic mass is 32.1. The van der Waals surface area contributed by atoms with Crippen LogP contribution in [0.4, 0.5) is 0 Å². The molecule has 0 fully saturated rings. The Hall–Kier alpha value is -1.80. The van der Waals surface area contributed by atoms with Gasteiger partial charge in [0.15, 0.2) is 0 Å². The molecule has 0 radical (unpaired) electrons. The standard InChI is InChI=1S/C15H12OS/c1-2-5-10-8-9-12-11-6-3-4-7-13(11)17-15(12)14(10)16/h2-4,6-9,16H,1,5H2. The van der Waals surface area contributed by atoms with Crippen LogP contribution >= 0.6 is 11.3 Å². The monoisotopic (exact) mass is 240 g/mol. The van der Waals surface area contributed by atoms with Crippen LogP contribution in [-0.2, 0) is 6.42 Å². The Morgan fingerprint density at radius 2 is 1.94 bits per heavy atom. The van der Waals surface area contributed by atoms with E-state index in [1.807, 2.05) is 24.3 Å². The fourth-order valence-electron chi connectivity index (χ4n) is 2.14. The zero-order chi connectivity index (χ0) is 11.8. The van der Waals surface area contributed by atoms with E-state index in [2.05, 4.69) is 24.8 Å². The van der Waals surface area contributed by atoms with Gasteiger partial charge in [-0.2, -0.15) is 0 Å². The van der Waals surface area contributed by atoms with Gasteiger partial charge in [-0.05, 0) is 18.1 Å². The van der Waals surface area contributed by atoms with E-state index in [1.54, 1.807) is 11.3 Å². The van der Waals surface area contributed by atoms with E-state index < -0.39 is 0 Å². The van der Waals surface area contributed by atoms with Crippen molar-refractivity contribution in [3.05, 3.63) is 54.6 Å². The first-order chi connectivity index (χ1) is 8.31. The Balaban J connectivity index is 2.40. The third-order valence-corrected chi connectivity index (χ3v) is 4.16. The Bertz CT molecular complexity index is 709. The van der Waals surface area contributed by atoms with Crippen LogP contribution in [0, 0.1) is 0 Å². The summed E-state index contributed by atoms with van der Waals surface area (Å²) in [5.41, 5.74) is 0.944. The van der Waals surface area contributed by atoms with Gasteiger partial charge in [-0.15, -0.1) is 17.9 Å². The zero-order valence-electron chi connectivity index (χ0n) is 9.31. The number of allylic oxidation sites excluding steroid dienone is 1. The molecule has 0 saturated carbocycles. The molecule has 0 aliphatic carbocycles. The maximum absolute atomic E-state index is 10.2. The van der Waals surface area contributed by atoms with Crippen molar-refractivity contribution in [1.29, 1.82) is 0 Å². The number of fused-ring (bicyclic) bond motifs is 3. The van der Waals surface area contributed by atoms with E-state index >= 15 is 0 Å². The quantitative estimate of drug-likeness (QED) is 0.654. The number of benzene rings is 2. The van der Waals surface area contributed by atoms with Gasteiger partial charge in [0.1, 0.15) is 5.75 Å². The molecule has 3 aromatic rings. The molecule has 0 atom stereocenters. The number of hydrogen-bond acceptors (Lipinski definition) is 2. The summed E-state index contributed by atoms with van der Waals surface area (Å²) in [6.07, 6.45) is 2.52. The Kier molecular flexibility index (Phi) is 2.37. The highest BCUT2D eigenvalue weighted by Gasteiger charge is 2.10. The molecule has 84 valence electrons. The first kappa shape index (κ1) is 10.4. The molecule has 0 unspecified atom stereocenters. The van der Waals surface area contributed by atoms with Crippen molar-refractivity contribution in [1.82, 2.24) is 0 Å². The van der Waals surface area contributed by atoms with Crippen molar-refractivity contribution in [3.63, 3.8) is 0 Å². The molecular formula is C15H12OS. The highest BCUT2D eigenvalue weighted by molar-refractivity contribution is 7.26. The second-order valence-corrected chi connectivity index (χ2v) is 5.09. The SMILES string of the molecule is C=CCc1ccc2c(sc3ccccc32)c1O. The van der Waals surface area contributed by atoms with Gasteiger partial charge in [0.2, 0.25) is 0 Å². The third kappa shape index (κ3) is 1.53. The van der Waals surface area contributed by atoms with Gasteiger partial charge in [-0.1, -0.05) is 36.4 Å². The van der Waals surface area contributed by atoms with E-state index in [1.165, 1.54) is 10.1 Å². The van der Waals surface area contributed by atoms with Crippen molar-refractivity contribution in [2.75, 3.05) is 0 Å². The molecule has 17 heavy (non-hydrogen) atoms. The number of aromatic hydroxyl groups is 1. The first-order valence-electron chi connectivity index (χ1n) is 5.54. The Morgan fingerprint density at radius 1 is 1.12 bits per heavy atom. The van der Waals surface area contributed by atoms with Crippen LogP contribution in [0.2, 0.25) is 0 Å². The molecule has 0 saturated heterocycles. The maximum Gasteiger partial charge on any atom is 0.136 e. The van der Waals surface area contributed by atoms with Gasteiger partial charge in [0.05, 0.1) is 4.70 Å². The molecule has 0 bridgehead atoms. The van der Waals surface area contributed by atoms with Crippen molar-refractivity contribution >= 4 is 31.5 Å². The van der Waals surface area contributed by atoms with Crippen LogP contribution in [0.3, 0.4) is 0 Å². The average molecular weight is 240 g/mol. The van der Waals surface area contributed by atoms with Crippen LogP contribution in [0.25, 0.3) is 20.2 Å². The summed E-state index contributed by atoms with van der Waals surface area (Å²) in [4.78, 5) is 0. The molecule has 1 N–H and O–H groups in total. The fourth-order valence-corrected chi connectivity index (χ4v) is 3.31. The first-order valence-corrected chi connectivity index (χ1v) is 6.36. The second kappa shape index (κ2) is 3.90. The molecule has 1 nitrogen and oxygen atoms in total. The number of phenolic OH excluding ortho intramolecular Hbond substituents is 1. The average Bonchev–Trinajstić information content (AvgIpc) is 2.73. The van der Waals surface area contributed by atoms with Gasteiger partial charge < -0.3 is 5.11 Å². The van der Waals surface area contributed by atoms with Gasteiger partial charge in [0.25, 0.3) is 0 Å². The summed E-state index contributed by atoms with van der Waals surface area (Å²) in [5.74, 6) is 0.406. The van der Waals surface area contributed by atoms with Gasteiger partial charge in [-0.3, -0.25) is 0 Å². The Morgan fingerprint density at radius 3 is 2.76 bits per heavy atom. The van der Waals surface area contributed by atoms with Crippen molar-refractivity contribution in [2.24, 2.45) is 0 Å². The lowest BCUT2D eigenvalue weighted by Crippen LogP contribution is -1.81. The minimum absolute atomic E-state index is 0.406. The smallest absolute Gasteiger partial charge is 0.136 e. The number of thiophene rings is 1. The van der Waals surface area contributed by atoms with Crippen LogP contribution in [0.1, 0.15) is 5.56 Å². The number of hydrogen-bond donors (Lipinski definition) is 1. The molecule has 1 aromatic heterocycles. The topological polar surface area (TPSA) is 20.2 Å². The zero-order valence-corrected chi connectivity index (χ0v) is 10.1. The lowest BCUT2D eigenvalue weighted by Gasteiger charge is -2.02. The van der Waals surface area contributed by atoms with Crippen LogP contribution in [0.5, 0.6) is 5.75 Å². The summed E-state index contributed by atoms with van der Waals surface area (Å²) in [6.45, 7) is 3.71. The lowest BCUT2D eigenvalue weighted by atomic mass is 10.1. The summed E-state index contributed by atoms with van der Waals surface area (Å²) >= 11 is 1.64. The summed E-state index contributed by atoms with van der Waals surface area (Å²) in [7, 11) is 0. The van der Waals surface area contributed by atoms with Crippen molar-refractivity contribution < 1.29 is 5.11 Å². The number of rotatable bonds is 2. The molecule has 1 heterocycles. The molecule has 2 heteroatoms. The van der Waals surface area contributed by atoms with E-state index in [9.17, 15) is 5.11 Å². The minimum atomic E-state index is 0.406. The van der Waals surface area contributed by atoms with E-state index in [0.29, 0.717) is 12.2 Å². The molecule has 0 spiro atoms. The van der Waals surface area contributed by atoms with E-state index in [4.69, 9.17) is 0 Å². The van der Waals surface area contributed by atoms with Gasteiger partial charge >= 0.3 is 0 Å². The molecule has 0 amide bonds. The predicted octanol–water partition coefficient (Wildman–Crippen LogP) is 4.49. The van der Waals surface area contributed by atoms with Crippen LogP contribution in [-0.4, -0.2) is 5.11 Å². The number of phenols is 1. The Labute approximate surface area is 104 Å². The molecule has 3 rings (SSSR count). The van der Waals surface area contributed by atoms with Crippen LogP contribution < -0.4 is 0 Å². The maximum atomic E-state index is 10.2. The normalized spacial score (nSPS) is 11.1. The predicted molar refractivity (Wildman–Crippen MR) is 74.9 cm³/mol. The largest absolute Gasteiger partial charge is 0.506 e. The van der Waals surface area contributed by atoms with E-state index in [0.717, 1.165) is 15.6 Å². The fraction of sp³-hybridized carbons (Fsp3) is 0.0667. The van der Waals surface area contributed by atoms with Crippen molar-refractivity contribution in [3.8, 4) is 5.75 Å². The lowest BCUT2D eigenvalue weighted by molar-refractivity contribution is 0.477. The van der Waals surface area contributed by atoms with Crippen molar-refractivity contribution in [2.45, 2.75) is 6.42 Å². The molecule has 0 aliphatic heterocycles. The molecular weight excluding hydrogens is 228 g/mol. The highest BCUT2D eigenvalue weighted by Crippen LogP contribution is 2.40. The molecule has 0 aliphatic rings. The van der Waals surface area contributed by atoms with Crippen LogP contribution in [0.15, 0.2) is 49.1 Å². The third-order valence-electron chi connectivity index (χ3n) is 2.97. The summed E-state index contributed by atoms with van der Waals surface area (Å²) in [6, 6.07) is 12.3. The van der Waals surface area contributed by atoms with E-state index in [-0.39, 0.29) is 0 Å². The summed E-state index contributed by atoms with van der Waals surface area (Å²) in [5, 5.41) is 12.6. The minimum Gasteiger partial charge on any atom is -0.506 e. The molecule has 2 aromatic carbocycles.